The van der Waals surface area contributed by atoms with Gasteiger partial charge in [0.1, 0.15) is 11.5 Å². The largest absolute Gasteiger partial charge is 0.507 e. The number of aliphatic hydroxyl groups excluding tert-OH is 1. The van der Waals surface area contributed by atoms with E-state index in [-0.39, 0.29) is 17.4 Å². The summed E-state index contributed by atoms with van der Waals surface area (Å²) in [4.78, 5) is 27.5. The molecule has 1 saturated heterocycles. The number of amides is 1. The van der Waals surface area contributed by atoms with E-state index in [1.165, 1.54) is 4.90 Å². The molecule has 1 fully saturated rings. The zero-order valence-corrected chi connectivity index (χ0v) is 19.8. The Morgan fingerprint density at radius 3 is 2.48 bits per heavy atom. The molecule has 1 unspecified atom stereocenters. The number of rotatable bonds is 9. The Bertz CT molecular complexity index is 1060. The van der Waals surface area contributed by atoms with Crippen LogP contribution in [0, 0.1) is 0 Å². The maximum absolute atomic E-state index is 13.1. The van der Waals surface area contributed by atoms with Crippen molar-refractivity contribution in [2.75, 3.05) is 20.3 Å². The molecule has 2 aromatic rings. The van der Waals surface area contributed by atoms with E-state index in [1.54, 1.807) is 49.6 Å². The number of carbonyl (C=O) groups is 2. The number of ketones is 1. The number of carbonyl (C=O) groups excluding carboxylic acids is 2. The van der Waals surface area contributed by atoms with Gasteiger partial charge in [0.15, 0.2) is 11.5 Å². The highest BCUT2D eigenvalue weighted by atomic mass is 16.5. The molecular formula is C26H31NO6. The van der Waals surface area contributed by atoms with Crippen LogP contribution in [0.25, 0.3) is 5.76 Å². The van der Waals surface area contributed by atoms with Crippen molar-refractivity contribution in [1.82, 2.24) is 4.90 Å². The molecule has 0 saturated carbocycles. The molecule has 176 valence electrons. The smallest absolute Gasteiger partial charge is 0.295 e. The Hall–Kier alpha value is -3.48. The SMILES string of the molecule is CCCN1C(=O)C(=O)/C(=C(\O)c2cccc(OC(C)C)c2)C1c1ccc(OC)c(OCC)c1. The third-order valence-corrected chi connectivity index (χ3v) is 5.29. The highest BCUT2D eigenvalue weighted by molar-refractivity contribution is 6.46. The summed E-state index contributed by atoms with van der Waals surface area (Å²) in [6.45, 7) is 8.41. The van der Waals surface area contributed by atoms with E-state index in [1.807, 2.05) is 27.7 Å². The van der Waals surface area contributed by atoms with Crippen LogP contribution in [0.3, 0.4) is 0 Å². The molecule has 7 heteroatoms. The molecule has 1 atom stereocenters. The lowest BCUT2D eigenvalue weighted by Crippen LogP contribution is -2.30. The van der Waals surface area contributed by atoms with Crippen LogP contribution in [0.4, 0.5) is 0 Å². The third-order valence-electron chi connectivity index (χ3n) is 5.29. The summed E-state index contributed by atoms with van der Waals surface area (Å²) in [5.41, 5.74) is 1.11. The van der Waals surface area contributed by atoms with Crippen LogP contribution in [0.2, 0.25) is 0 Å². The summed E-state index contributed by atoms with van der Waals surface area (Å²) in [6.07, 6.45) is 0.615. The highest BCUT2D eigenvalue weighted by Gasteiger charge is 2.45. The highest BCUT2D eigenvalue weighted by Crippen LogP contribution is 2.42. The van der Waals surface area contributed by atoms with Gasteiger partial charge in [-0.1, -0.05) is 25.1 Å². The average molecular weight is 454 g/mol. The Labute approximate surface area is 194 Å². The average Bonchev–Trinajstić information content (AvgIpc) is 3.04. The van der Waals surface area contributed by atoms with Gasteiger partial charge in [-0.15, -0.1) is 0 Å². The van der Waals surface area contributed by atoms with Gasteiger partial charge in [-0.3, -0.25) is 9.59 Å². The second-order valence-corrected chi connectivity index (χ2v) is 8.03. The summed E-state index contributed by atoms with van der Waals surface area (Å²) in [5.74, 6) is 0.0385. The maximum atomic E-state index is 13.1. The van der Waals surface area contributed by atoms with Crippen molar-refractivity contribution < 1.29 is 28.9 Å². The van der Waals surface area contributed by atoms with Gasteiger partial charge >= 0.3 is 0 Å². The van der Waals surface area contributed by atoms with E-state index in [4.69, 9.17) is 14.2 Å². The molecule has 1 aliphatic rings. The van der Waals surface area contributed by atoms with E-state index in [2.05, 4.69) is 0 Å². The standard InChI is InChI=1S/C26H31NO6/c1-6-13-27-23(17-11-12-20(31-5)21(15-17)32-7-2)22(25(29)26(27)30)24(28)18-9-8-10-19(14-18)33-16(3)4/h8-12,14-16,23,28H,6-7,13H2,1-5H3/b24-22-. The van der Waals surface area contributed by atoms with E-state index in [9.17, 15) is 14.7 Å². The van der Waals surface area contributed by atoms with Crippen LogP contribution in [0.15, 0.2) is 48.0 Å². The number of hydrogen-bond donors (Lipinski definition) is 1. The van der Waals surface area contributed by atoms with Crippen LogP contribution >= 0.6 is 0 Å². The quantitative estimate of drug-likeness (QED) is 0.336. The summed E-state index contributed by atoms with van der Waals surface area (Å²) in [5, 5.41) is 11.2. The minimum absolute atomic E-state index is 0.0442. The Morgan fingerprint density at radius 1 is 1.09 bits per heavy atom. The number of benzene rings is 2. The number of nitrogens with zero attached hydrogens (tertiary/aromatic N) is 1. The second-order valence-electron chi connectivity index (χ2n) is 8.03. The fourth-order valence-corrected chi connectivity index (χ4v) is 3.97. The number of hydrogen-bond acceptors (Lipinski definition) is 6. The van der Waals surface area contributed by atoms with Crippen molar-refractivity contribution in [3.8, 4) is 17.2 Å². The molecule has 0 aromatic heterocycles. The molecule has 33 heavy (non-hydrogen) atoms. The fourth-order valence-electron chi connectivity index (χ4n) is 3.97. The molecule has 7 nitrogen and oxygen atoms in total. The topological polar surface area (TPSA) is 85.3 Å². The fraction of sp³-hybridized carbons (Fsp3) is 0.385. The monoisotopic (exact) mass is 453 g/mol. The normalized spacial score (nSPS) is 17.5. The molecule has 1 aliphatic heterocycles. The van der Waals surface area contributed by atoms with Crippen molar-refractivity contribution in [2.24, 2.45) is 0 Å². The second kappa shape index (κ2) is 10.4. The van der Waals surface area contributed by atoms with Crippen LogP contribution in [-0.2, 0) is 9.59 Å². The molecule has 3 rings (SSSR count). The molecule has 1 N–H and O–H groups in total. The van der Waals surface area contributed by atoms with Gasteiger partial charge in [0.05, 0.1) is 31.4 Å². The number of Topliss-reactive ketones (excluding diaryl/α,β-unsaturated/α-hetero) is 1. The van der Waals surface area contributed by atoms with Gasteiger partial charge in [-0.05, 0) is 57.0 Å². The molecular weight excluding hydrogens is 422 g/mol. The summed E-state index contributed by atoms with van der Waals surface area (Å²) < 4.78 is 16.8. The third kappa shape index (κ3) is 4.97. The lowest BCUT2D eigenvalue weighted by atomic mass is 9.95. The van der Waals surface area contributed by atoms with Crippen molar-refractivity contribution >= 4 is 17.4 Å². The van der Waals surface area contributed by atoms with Gasteiger partial charge in [0.25, 0.3) is 11.7 Å². The first-order chi connectivity index (χ1) is 15.8. The van der Waals surface area contributed by atoms with Gasteiger partial charge in [-0.2, -0.15) is 0 Å². The van der Waals surface area contributed by atoms with Crippen molar-refractivity contribution in [1.29, 1.82) is 0 Å². The Morgan fingerprint density at radius 2 is 1.85 bits per heavy atom. The first-order valence-electron chi connectivity index (χ1n) is 11.2. The first-order valence-corrected chi connectivity index (χ1v) is 11.2. The summed E-state index contributed by atoms with van der Waals surface area (Å²) in [7, 11) is 1.55. The first kappa shape index (κ1) is 24.2. The van der Waals surface area contributed by atoms with E-state index in [0.29, 0.717) is 47.9 Å². The van der Waals surface area contributed by atoms with E-state index < -0.39 is 17.7 Å². The van der Waals surface area contributed by atoms with Crippen LogP contribution in [0.1, 0.15) is 51.3 Å². The Kier molecular flexibility index (Phi) is 7.63. The maximum Gasteiger partial charge on any atom is 0.295 e. The minimum Gasteiger partial charge on any atom is -0.507 e. The zero-order chi connectivity index (χ0) is 24.1. The molecule has 0 bridgehead atoms. The van der Waals surface area contributed by atoms with Gasteiger partial charge in [0, 0.05) is 12.1 Å². The van der Waals surface area contributed by atoms with Crippen molar-refractivity contribution in [3.05, 3.63) is 59.2 Å². The van der Waals surface area contributed by atoms with Crippen LogP contribution < -0.4 is 14.2 Å². The summed E-state index contributed by atoms with van der Waals surface area (Å²) >= 11 is 0. The number of aliphatic hydroxyl groups is 1. The predicted molar refractivity (Wildman–Crippen MR) is 126 cm³/mol. The molecule has 1 heterocycles. The van der Waals surface area contributed by atoms with Gasteiger partial charge < -0.3 is 24.2 Å². The molecule has 0 spiro atoms. The van der Waals surface area contributed by atoms with Crippen molar-refractivity contribution in [3.63, 3.8) is 0 Å². The van der Waals surface area contributed by atoms with Gasteiger partial charge in [-0.25, -0.2) is 0 Å². The van der Waals surface area contributed by atoms with Crippen LogP contribution in [0.5, 0.6) is 17.2 Å². The lowest BCUT2D eigenvalue weighted by Gasteiger charge is -2.25. The van der Waals surface area contributed by atoms with Crippen molar-refractivity contribution in [2.45, 2.75) is 46.3 Å². The predicted octanol–water partition coefficient (Wildman–Crippen LogP) is 4.71. The number of methoxy groups -OCH3 is 1. The van der Waals surface area contributed by atoms with E-state index in [0.717, 1.165) is 0 Å². The number of likely N-dealkylation sites (tertiary alicyclic amines) is 1. The Balaban J connectivity index is 2.17. The lowest BCUT2D eigenvalue weighted by molar-refractivity contribution is -0.139. The molecule has 0 aliphatic carbocycles. The zero-order valence-electron chi connectivity index (χ0n) is 19.8. The van der Waals surface area contributed by atoms with Gasteiger partial charge in [0.2, 0.25) is 0 Å². The minimum atomic E-state index is -0.746. The summed E-state index contributed by atoms with van der Waals surface area (Å²) in [6, 6.07) is 11.4. The molecule has 1 amide bonds. The molecule has 0 radical (unpaired) electrons. The van der Waals surface area contributed by atoms with E-state index >= 15 is 0 Å². The van der Waals surface area contributed by atoms with Crippen LogP contribution in [-0.4, -0.2) is 48.1 Å². The number of ether oxygens (including phenoxy) is 3. The molecule has 2 aromatic carbocycles.